The summed E-state index contributed by atoms with van der Waals surface area (Å²) in [5.41, 5.74) is 0.881. The molecule has 2 heterocycles. The molecule has 0 saturated carbocycles. The summed E-state index contributed by atoms with van der Waals surface area (Å²) in [6, 6.07) is 10.9. The van der Waals surface area contributed by atoms with Gasteiger partial charge in [0, 0.05) is 37.2 Å². The normalized spacial score (nSPS) is 16.9. The first-order valence-electron chi connectivity index (χ1n) is 7.00. The molecular weight excluding hydrogens is 336 g/mol. The average Bonchev–Trinajstić information content (AvgIpc) is 2.46. The van der Waals surface area contributed by atoms with Crippen LogP contribution in [0, 0.1) is 0 Å². The van der Waals surface area contributed by atoms with Crippen LogP contribution in [0.5, 0.6) is 0 Å². The van der Waals surface area contributed by atoms with Crippen molar-refractivity contribution in [1.82, 2.24) is 9.29 Å². The van der Waals surface area contributed by atoms with E-state index >= 15 is 0 Å². The van der Waals surface area contributed by atoms with Crippen LogP contribution in [0.3, 0.4) is 0 Å². The molecule has 1 saturated heterocycles. The van der Waals surface area contributed by atoms with Crippen LogP contribution in [0.2, 0.25) is 0 Å². The smallest absolute Gasteiger partial charge is 0.243 e. The zero-order chi connectivity index (χ0) is 16.7. The van der Waals surface area contributed by atoms with Gasteiger partial charge in [0.25, 0.3) is 0 Å². The summed E-state index contributed by atoms with van der Waals surface area (Å²) >= 11 is 0. The van der Waals surface area contributed by atoms with E-state index in [-0.39, 0.29) is 15.7 Å². The molecule has 122 valence electrons. The molecule has 0 unspecified atom stereocenters. The van der Waals surface area contributed by atoms with Crippen molar-refractivity contribution in [3.63, 3.8) is 0 Å². The van der Waals surface area contributed by atoms with Crippen molar-refractivity contribution in [1.29, 1.82) is 0 Å². The molecule has 0 atom stereocenters. The van der Waals surface area contributed by atoms with Crippen molar-refractivity contribution < 1.29 is 16.8 Å². The number of aromatic nitrogens is 1. The van der Waals surface area contributed by atoms with E-state index in [2.05, 4.69) is 4.98 Å². The molecule has 0 N–H and O–H groups in total. The quantitative estimate of drug-likeness (QED) is 0.827. The Labute approximate surface area is 135 Å². The molecule has 3 rings (SSSR count). The molecule has 6 nitrogen and oxygen atoms in total. The van der Waals surface area contributed by atoms with E-state index in [1.165, 1.54) is 28.6 Å². The summed E-state index contributed by atoms with van der Waals surface area (Å²) in [5.74, 6) is 0.0984. The highest BCUT2D eigenvalue weighted by atomic mass is 32.2. The van der Waals surface area contributed by atoms with E-state index in [0.717, 1.165) is 11.9 Å². The molecule has 1 aliphatic rings. The van der Waals surface area contributed by atoms with Crippen molar-refractivity contribution in [2.24, 2.45) is 0 Å². The summed E-state index contributed by atoms with van der Waals surface area (Å²) < 4.78 is 49.2. The number of sulfone groups is 1. The minimum absolute atomic E-state index is 0.0984. The monoisotopic (exact) mass is 352 g/mol. The van der Waals surface area contributed by atoms with Crippen LogP contribution in [-0.2, 0) is 19.9 Å². The SMILES string of the molecule is CS(=O)(=O)c1ccc(S(=O)(=O)N2CC(c3ccccn3)C2)cc1. The van der Waals surface area contributed by atoms with Gasteiger partial charge in [0.2, 0.25) is 10.0 Å². The number of sulfonamides is 1. The lowest BCUT2D eigenvalue weighted by atomic mass is 9.99. The summed E-state index contributed by atoms with van der Waals surface area (Å²) in [5, 5.41) is 0. The fraction of sp³-hybridized carbons (Fsp3) is 0.267. The number of nitrogens with zero attached hydrogens (tertiary/aromatic N) is 2. The highest BCUT2D eigenvalue weighted by molar-refractivity contribution is 7.90. The van der Waals surface area contributed by atoms with Gasteiger partial charge in [-0.1, -0.05) is 6.07 Å². The van der Waals surface area contributed by atoms with Crippen LogP contribution in [0.1, 0.15) is 11.6 Å². The van der Waals surface area contributed by atoms with Crippen molar-refractivity contribution >= 4 is 19.9 Å². The van der Waals surface area contributed by atoms with Crippen LogP contribution in [0.4, 0.5) is 0 Å². The van der Waals surface area contributed by atoms with Crippen LogP contribution >= 0.6 is 0 Å². The Balaban J connectivity index is 1.76. The van der Waals surface area contributed by atoms with E-state index in [1.807, 2.05) is 18.2 Å². The van der Waals surface area contributed by atoms with E-state index in [0.29, 0.717) is 13.1 Å². The van der Waals surface area contributed by atoms with Crippen molar-refractivity contribution in [3.05, 3.63) is 54.4 Å². The Morgan fingerprint density at radius 1 is 0.957 bits per heavy atom. The lowest BCUT2D eigenvalue weighted by Crippen LogP contribution is -2.48. The Bertz CT molecular complexity index is 902. The Morgan fingerprint density at radius 2 is 1.57 bits per heavy atom. The van der Waals surface area contributed by atoms with E-state index in [1.54, 1.807) is 6.20 Å². The maximum absolute atomic E-state index is 12.5. The second-order valence-electron chi connectivity index (χ2n) is 5.52. The van der Waals surface area contributed by atoms with Gasteiger partial charge in [-0.05, 0) is 36.4 Å². The Morgan fingerprint density at radius 3 is 2.09 bits per heavy atom. The highest BCUT2D eigenvalue weighted by Gasteiger charge is 2.38. The van der Waals surface area contributed by atoms with Gasteiger partial charge in [-0.3, -0.25) is 4.98 Å². The molecule has 2 aromatic rings. The third-order valence-electron chi connectivity index (χ3n) is 3.84. The predicted molar refractivity (Wildman–Crippen MR) is 85.3 cm³/mol. The molecule has 1 aromatic heterocycles. The zero-order valence-corrected chi connectivity index (χ0v) is 14.1. The first-order valence-corrected chi connectivity index (χ1v) is 10.3. The van der Waals surface area contributed by atoms with Crippen LogP contribution in [0.15, 0.2) is 58.5 Å². The number of benzene rings is 1. The molecule has 1 fully saturated rings. The zero-order valence-electron chi connectivity index (χ0n) is 12.5. The lowest BCUT2D eigenvalue weighted by Gasteiger charge is -2.37. The maximum atomic E-state index is 12.5. The molecule has 0 bridgehead atoms. The molecule has 0 radical (unpaired) electrons. The second-order valence-corrected chi connectivity index (χ2v) is 9.47. The van der Waals surface area contributed by atoms with Gasteiger partial charge in [-0.2, -0.15) is 4.31 Å². The lowest BCUT2D eigenvalue weighted by molar-refractivity contribution is 0.260. The minimum Gasteiger partial charge on any atom is -0.261 e. The molecule has 0 aliphatic carbocycles. The largest absolute Gasteiger partial charge is 0.261 e. The van der Waals surface area contributed by atoms with Crippen LogP contribution in [-0.4, -0.2) is 45.5 Å². The maximum Gasteiger partial charge on any atom is 0.243 e. The van der Waals surface area contributed by atoms with Gasteiger partial charge in [0.05, 0.1) is 9.79 Å². The molecule has 0 spiro atoms. The van der Waals surface area contributed by atoms with E-state index in [4.69, 9.17) is 0 Å². The van der Waals surface area contributed by atoms with Gasteiger partial charge in [0.15, 0.2) is 9.84 Å². The topological polar surface area (TPSA) is 84.4 Å². The van der Waals surface area contributed by atoms with Gasteiger partial charge in [0.1, 0.15) is 0 Å². The average molecular weight is 352 g/mol. The number of hydrogen-bond donors (Lipinski definition) is 0. The van der Waals surface area contributed by atoms with E-state index < -0.39 is 19.9 Å². The predicted octanol–water partition coefficient (Wildman–Crippen LogP) is 1.27. The minimum atomic E-state index is -3.59. The molecule has 1 aromatic carbocycles. The van der Waals surface area contributed by atoms with Crippen molar-refractivity contribution in [3.8, 4) is 0 Å². The second kappa shape index (κ2) is 5.70. The number of hydrogen-bond acceptors (Lipinski definition) is 5. The van der Waals surface area contributed by atoms with Crippen molar-refractivity contribution in [2.45, 2.75) is 15.7 Å². The van der Waals surface area contributed by atoms with Gasteiger partial charge in [-0.15, -0.1) is 0 Å². The number of rotatable bonds is 4. The summed E-state index contributed by atoms with van der Waals surface area (Å²) in [4.78, 5) is 4.44. The molecule has 8 heteroatoms. The molecule has 0 amide bonds. The van der Waals surface area contributed by atoms with Gasteiger partial charge >= 0.3 is 0 Å². The van der Waals surface area contributed by atoms with Gasteiger partial charge < -0.3 is 0 Å². The first-order chi connectivity index (χ1) is 10.8. The fourth-order valence-electron chi connectivity index (χ4n) is 2.45. The number of pyridine rings is 1. The fourth-order valence-corrected chi connectivity index (χ4v) is 4.61. The van der Waals surface area contributed by atoms with Crippen LogP contribution in [0.25, 0.3) is 0 Å². The van der Waals surface area contributed by atoms with E-state index in [9.17, 15) is 16.8 Å². The summed E-state index contributed by atoms with van der Waals surface area (Å²) in [6.07, 6.45) is 2.78. The standard InChI is InChI=1S/C15H16N2O4S2/c1-22(18,19)13-5-7-14(8-6-13)23(20,21)17-10-12(11-17)15-4-2-3-9-16-15/h2-9,12H,10-11H2,1H3. The molecule has 23 heavy (non-hydrogen) atoms. The first kappa shape index (κ1) is 16.1. The summed E-state index contributed by atoms with van der Waals surface area (Å²) in [7, 11) is -6.93. The Kier molecular flexibility index (Phi) is 3.99. The Hall–Kier alpha value is -1.77. The van der Waals surface area contributed by atoms with Crippen LogP contribution < -0.4 is 0 Å². The summed E-state index contributed by atoms with van der Waals surface area (Å²) in [6.45, 7) is 0.764. The third kappa shape index (κ3) is 3.15. The third-order valence-corrected chi connectivity index (χ3v) is 6.82. The highest BCUT2D eigenvalue weighted by Crippen LogP contribution is 2.31. The molecular formula is C15H16N2O4S2. The molecule has 1 aliphatic heterocycles. The van der Waals surface area contributed by atoms with Gasteiger partial charge in [-0.25, -0.2) is 16.8 Å². The van der Waals surface area contributed by atoms with Crippen molar-refractivity contribution in [2.75, 3.05) is 19.3 Å².